The Labute approximate surface area is 800 Å². The minimum Gasteiger partial charge on any atom is -0.316 e. The molecular formula is C110H123Br2Cl2F2N3S6. The van der Waals surface area contributed by atoms with Crippen LogP contribution in [0.2, 0.25) is 10.0 Å². The Hall–Kier alpha value is -6.76. The first-order valence-corrected chi connectivity index (χ1v) is 52.7. The third kappa shape index (κ3) is 39.6. The quantitative estimate of drug-likeness (QED) is 0.0325. The minimum absolute atomic E-state index is 0.0623. The van der Waals surface area contributed by atoms with Crippen molar-refractivity contribution in [1.82, 2.24) is 16.0 Å². The standard InChI is InChI=1S/C24H25F2NS.C19H23NS.C19H25NS.C16H16Br2S.C16H16Cl2S.C16H18S/c25-22-12-8-20(9-13-22)24(21-10-14-23(26)15-11-21)28-18-17-27-16-4-7-19-5-2-1-3-6-19;1-3-7-17(8-4-1)19(18-9-5-2-6-10-18)21-14-13-20-15-16-11-12-16;1-2-3-14-20-15-16-21-19(17-10-6-4-7-11-17)18-12-8-5-9-13-18;2*1-2-11-19-16(12-3-7-14(17)8-4-12)13-5-9-15(18)10-6-13;1-2-13-17-16(14-9-5-3-6-10-14)15-11-7-4-8-12-15/h1-3,5-6,8-15,24,27H,4,7,16-18H2;1-10,16,19-20H,11-15H2;4-13,19-20H,2-3,14-16H2,1H3;2*3-10,16H,2,11H2,1H3;3-12,16H,2,13H2,1H3. The average molecular weight is 1950 g/mol. The molecule has 13 aromatic rings. The van der Waals surface area contributed by atoms with E-state index in [2.05, 4.69) is 355 Å². The van der Waals surface area contributed by atoms with E-state index in [1.54, 1.807) is 11.8 Å². The summed E-state index contributed by atoms with van der Waals surface area (Å²) < 4.78 is 28.8. The molecule has 0 saturated heterocycles. The lowest BCUT2D eigenvalue weighted by atomic mass is 10.0. The van der Waals surface area contributed by atoms with Crippen molar-refractivity contribution in [3.63, 3.8) is 0 Å². The predicted molar refractivity (Wildman–Crippen MR) is 560 cm³/mol. The van der Waals surface area contributed by atoms with Crippen LogP contribution in [0.5, 0.6) is 0 Å². The van der Waals surface area contributed by atoms with Crippen LogP contribution in [0.25, 0.3) is 0 Å². The van der Waals surface area contributed by atoms with Gasteiger partial charge in [-0.2, -0.15) is 0 Å². The van der Waals surface area contributed by atoms with E-state index < -0.39 is 0 Å². The molecule has 15 heteroatoms. The number of hydrogen-bond donors (Lipinski definition) is 3. The van der Waals surface area contributed by atoms with Crippen LogP contribution < -0.4 is 16.0 Å². The molecule has 0 bridgehead atoms. The van der Waals surface area contributed by atoms with Gasteiger partial charge in [0, 0.05) is 55.9 Å². The van der Waals surface area contributed by atoms with E-state index in [1.165, 1.54) is 148 Å². The van der Waals surface area contributed by atoms with Crippen LogP contribution >= 0.6 is 126 Å². The summed E-state index contributed by atoms with van der Waals surface area (Å²) in [6.07, 6.45) is 11.2. The first-order chi connectivity index (χ1) is 61.4. The van der Waals surface area contributed by atoms with E-state index in [0.717, 1.165) is 105 Å². The van der Waals surface area contributed by atoms with E-state index in [4.69, 9.17) is 23.2 Å². The number of thioether (sulfide) groups is 6. The van der Waals surface area contributed by atoms with Crippen LogP contribution in [0.15, 0.2) is 367 Å². The Kier molecular flexibility index (Phi) is 50.3. The molecule has 656 valence electrons. The van der Waals surface area contributed by atoms with Gasteiger partial charge in [0.25, 0.3) is 0 Å². The summed E-state index contributed by atoms with van der Waals surface area (Å²) in [6, 6.07) is 122. The monoisotopic (exact) mass is 1940 g/mol. The number of halogens is 6. The fourth-order valence-corrected chi connectivity index (χ4v) is 21.5. The van der Waals surface area contributed by atoms with Gasteiger partial charge in [0.2, 0.25) is 0 Å². The van der Waals surface area contributed by atoms with Crippen molar-refractivity contribution in [1.29, 1.82) is 0 Å². The third-order valence-electron chi connectivity index (χ3n) is 20.3. The topological polar surface area (TPSA) is 36.1 Å². The maximum Gasteiger partial charge on any atom is 0.123 e. The molecule has 0 heterocycles. The summed E-state index contributed by atoms with van der Waals surface area (Å²) in [4.78, 5) is 0. The lowest BCUT2D eigenvalue weighted by Crippen LogP contribution is -2.20. The van der Waals surface area contributed by atoms with E-state index >= 15 is 0 Å². The van der Waals surface area contributed by atoms with Crippen molar-refractivity contribution in [2.45, 2.75) is 117 Å². The fourth-order valence-electron chi connectivity index (χ4n) is 13.6. The van der Waals surface area contributed by atoms with E-state index in [9.17, 15) is 8.78 Å². The lowest BCUT2D eigenvalue weighted by Gasteiger charge is -2.18. The van der Waals surface area contributed by atoms with Crippen LogP contribution in [0, 0.1) is 17.6 Å². The summed E-state index contributed by atoms with van der Waals surface area (Å²) in [6.45, 7) is 15.3. The molecule has 0 unspecified atom stereocenters. The zero-order chi connectivity index (χ0) is 87.9. The van der Waals surface area contributed by atoms with Gasteiger partial charge < -0.3 is 16.0 Å². The number of rotatable bonds is 42. The second kappa shape index (κ2) is 61.7. The molecular weight excluding hydrogens is 1820 g/mol. The summed E-state index contributed by atoms with van der Waals surface area (Å²) in [7, 11) is 0. The van der Waals surface area contributed by atoms with Gasteiger partial charge in [-0.25, -0.2) is 8.78 Å². The van der Waals surface area contributed by atoms with E-state index in [0.29, 0.717) is 26.2 Å². The van der Waals surface area contributed by atoms with Crippen LogP contribution in [0.4, 0.5) is 8.78 Å². The molecule has 1 aliphatic carbocycles. The van der Waals surface area contributed by atoms with Crippen LogP contribution in [-0.4, -0.2) is 73.8 Å². The summed E-state index contributed by atoms with van der Waals surface area (Å²) in [5, 5.41) is 14.3. The highest BCUT2D eigenvalue weighted by molar-refractivity contribution is 9.10. The SMILES string of the molecule is CCCCNCCSC(c1ccccc1)c1ccccc1.CCCSC(c1ccc(Br)cc1)c1ccc(Br)cc1.CCCSC(c1ccc(Cl)cc1)c1ccc(Cl)cc1.CCCSC(c1ccccc1)c1ccccc1.Fc1ccc(C(SCCNCCCc2ccccc2)c2ccc(F)cc2)cc1.c1ccc(C(SCCNCC2CC2)c2ccccc2)cc1. The largest absolute Gasteiger partial charge is 0.316 e. The van der Waals surface area contributed by atoms with E-state index in [1.807, 2.05) is 113 Å². The van der Waals surface area contributed by atoms with Crippen molar-refractivity contribution < 1.29 is 8.78 Å². The van der Waals surface area contributed by atoms with Gasteiger partial charge in [-0.1, -0.05) is 374 Å². The van der Waals surface area contributed by atoms with Crippen LogP contribution in [0.3, 0.4) is 0 Å². The number of hydrogen-bond acceptors (Lipinski definition) is 9. The molecule has 0 spiro atoms. The maximum atomic E-state index is 13.3. The van der Waals surface area contributed by atoms with Crippen molar-refractivity contribution in [3.05, 3.63) is 461 Å². The van der Waals surface area contributed by atoms with Gasteiger partial charge in [0.1, 0.15) is 11.6 Å². The predicted octanol–water partition coefficient (Wildman–Crippen LogP) is 33.0. The van der Waals surface area contributed by atoms with Gasteiger partial charge in [0.05, 0.1) is 31.5 Å². The number of benzene rings is 13. The van der Waals surface area contributed by atoms with Crippen LogP contribution in [-0.2, 0) is 6.42 Å². The molecule has 1 saturated carbocycles. The van der Waals surface area contributed by atoms with Gasteiger partial charge in [-0.15, -0.1) is 70.6 Å². The smallest absolute Gasteiger partial charge is 0.123 e. The molecule has 13 aromatic carbocycles. The fraction of sp³-hybridized carbons (Fsp3) is 0.291. The number of aryl methyl sites for hydroxylation is 1. The lowest BCUT2D eigenvalue weighted by molar-refractivity contribution is 0.626. The van der Waals surface area contributed by atoms with Gasteiger partial charge in [0.15, 0.2) is 0 Å². The van der Waals surface area contributed by atoms with Crippen molar-refractivity contribution in [3.8, 4) is 0 Å². The molecule has 125 heavy (non-hydrogen) atoms. The number of nitrogens with one attached hydrogen (secondary N) is 3. The third-order valence-corrected chi connectivity index (χ3v) is 30.4. The molecule has 0 aliphatic heterocycles. The molecule has 1 fully saturated rings. The Morgan fingerprint density at radius 1 is 0.272 bits per heavy atom. The average Bonchev–Trinajstić information content (AvgIpc) is 1.78. The normalized spacial score (nSPS) is 11.6. The molecule has 3 N–H and O–H groups in total. The summed E-state index contributed by atoms with van der Waals surface area (Å²) in [5.74, 6) is 7.21. The summed E-state index contributed by atoms with van der Waals surface area (Å²) in [5.41, 5.74) is 17.1. The molecule has 14 rings (SSSR count). The highest BCUT2D eigenvalue weighted by Gasteiger charge is 2.23. The maximum absolute atomic E-state index is 13.3. The second-order valence-electron chi connectivity index (χ2n) is 30.4. The zero-order valence-corrected chi connectivity index (χ0v) is 82.3. The number of unbranched alkanes of at least 4 members (excludes halogenated alkanes) is 1. The molecule has 0 radical (unpaired) electrons. The Balaban J connectivity index is 0.000000171. The molecule has 3 nitrogen and oxygen atoms in total. The highest BCUT2D eigenvalue weighted by atomic mass is 79.9. The van der Waals surface area contributed by atoms with Gasteiger partial charge in [-0.3, -0.25) is 0 Å². The molecule has 0 amide bonds. The Morgan fingerprint density at radius 3 is 0.768 bits per heavy atom. The molecule has 0 aromatic heterocycles. The second-order valence-corrected chi connectivity index (χ2v) is 40.4. The summed E-state index contributed by atoms with van der Waals surface area (Å²) >= 11 is 30.8. The molecule has 0 atom stereocenters. The minimum atomic E-state index is -0.244. The molecule has 1 aliphatic rings. The Morgan fingerprint density at radius 2 is 0.504 bits per heavy atom. The first kappa shape index (κ1) is 102. The van der Waals surface area contributed by atoms with E-state index in [-0.39, 0.29) is 16.9 Å². The first-order valence-electron chi connectivity index (χ1n) is 44.1. The Bertz CT molecular complexity index is 4520. The van der Waals surface area contributed by atoms with Crippen LogP contribution in [0.1, 0.15) is 183 Å². The van der Waals surface area contributed by atoms with Crippen molar-refractivity contribution >= 4 is 126 Å². The van der Waals surface area contributed by atoms with Gasteiger partial charge in [-0.05, 0) is 239 Å². The van der Waals surface area contributed by atoms with Crippen molar-refractivity contribution in [2.75, 3.05) is 73.8 Å². The highest BCUT2D eigenvalue weighted by Crippen LogP contribution is 2.42. The van der Waals surface area contributed by atoms with Gasteiger partial charge >= 0.3 is 0 Å². The zero-order valence-electron chi connectivity index (χ0n) is 72.7. The van der Waals surface area contributed by atoms with Crippen molar-refractivity contribution in [2.24, 2.45) is 5.92 Å².